The molecule has 0 radical (unpaired) electrons. The fourth-order valence-corrected chi connectivity index (χ4v) is 2.52. The summed E-state index contributed by atoms with van der Waals surface area (Å²) in [6, 6.07) is 8.73. The second kappa shape index (κ2) is 11.1. The normalized spacial score (nSPS) is 14.0. The summed E-state index contributed by atoms with van der Waals surface area (Å²) in [5, 5.41) is 0. The minimum Gasteiger partial charge on any atom is -0.314 e. The Morgan fingerprint density at radius 2 is 1.83 bits per heavy atom. The van der Waals surface area contributed by atoms with Crippen LogP contribution in [0.15, 0.2) is 97.4 Å². The molecule has 0 heterocycles. The van der Waals surface area contributed by atoms with Crippen LogP contribution in [-0.4, -0.2) is 0 Å². The summed E-state index contributed by atoms with van der Waals surface area (Å²) in [6.45, 7) is 12.4. The smallest absolute Gasteiger partial charge is 0.0458 e. The molecule has 1 aromatic rings. The molecule has 0 amide bonds. The molecule has 1 nitrogen and oxygen atoms in total. The highest BCUT2D eigenvalue weighted by Crippen LogP contribution is 2.28. The van der Waals surface area contributed by atoms with Gasteiger partial charge in [-0.2, -0.15) is 0 Å². The third-order valence-corrected chi connectivity index (χ3v) is 3.56. The van der Waals surface area contributed by atoms with E-state index in [-0.39, 0.29) is 0 Å². The average molecular weight is 319 g/mol. The van der Waals surface area contributed by atoms with Gasteiger partial charge in [-0.1, -0.05) is 61.1 Å². The fraction of sp³-hybridized carbons (Fsp3) is 0.217. The van der Waals surface area contributed by atoms with Gasteiger partial charge in [0.25, 0.3) is 0 Å². The molecule has 0 N–H and O–H groups in total. The lowest BCUT2D eigenvalue weighted by Gasteiger charge is -2.28. The Morgan fingerprint density at radius 3 is 2.46 bits per heavy atom. The van der Waals surface area contributed by atoms with Crippen molar-refractivity contribution in [3.8, 4) is 0 Å². The second-order valence-electron chi connectivity index (χ2n) is 5.38. The van der Waals surface area contributed by atoms with Crippen LogP contribution >= 0.6 is 0 Å². The molecule has 1 heteroatoms. The Labute approximate surface area is 147 Å². The van der Waals surface area contributed by atoms with Crippen LogP contribution in [0.3, 0.4) is 0 Å². The van der Waals surface area contributed by atoms with Crippen molar-refractivity contribution in [1.82, 2.24) is 0 Å². The molecule has 1 aliphatic carbocycles. The molecule has 1 aromatic carbocycles. The summed E-state index contributed by atoms with van der Waals surface area (Å²) < 4.78 is 0. The van der Waals surface area contributed by atoms with Crippen molar-refractivity contribution in [2.75, 3.05) is 4.90 Å². The van der Waals surface area contributed by atoms with E-state index in [1.807, 2.05) is 0 Å². The molecule has 0 bridgehead atoms. The van der Waals surface area contributed by atoms with Gasteiger partial charge in [-0.25, -0.2) is 0 Å². The zero-order valence-electron chi connectivity index (χ0n) is 15.2. The van der Waals surface area contributed by atoms with Crippen LogP contribution in [0.2, 0.25) is 0 Å². The number of rotatable bonds is 5. The number of hydrogen-bond donors (Lipinski definition) is 0. The molecule has 0 unspecified atom stereocenters. The first-order valence-electron chi connectivity index (χ1n) is 8.48. The molecule has 0 aromatic heterocycles. The van der Waals surface area contributed by atoms with Crippen molar-refractivity contribution in [3.05, 3.63) is 103 Å². The van der Waals surface area contributed by atoms with E-state index in [2.05, 4.69) is 112 Å². The lowest BCUT2D eigenvalue weighted by atomic mass is 10.1. The van der Waals surface area contributed by atoms with Crippen molar-refractivity contribution < 1.29 is 0 Å². The quantitative estimate of drug-likeness (QED) is 0.422. The third-order valence-electron chi connectivity index (χ3n) is 3.56. The zero-order valence-corrected chi connectivity index (χ0v) is 15.2. The monoisotopic (exact) mass is 319 g/mol. The van der Waals surface area contributed by atoms with Crippen molar-refractivity contribution in [2.24, 2.45) is 0 Å². The van der Waals surface area contributed by atoms with Crippen molar-refractivity contribution in [3.63, 3.8) is 0 Å². The highest BCUT2D eigenvalue weighted by Gasteiger charge is 2.14. The molecule has 126 valence electrons. The summed E-state index contributed by atoms with van der Waals surface area (Å²) in [4.78, 5) is 2.35. The summed E-state index contributed by atoms with van der Waals surface area (Å²) >= 11 is 0. The maximum atomic E-state index is 3.00. The summed E-state index contributed by atoms with van der Waals surface area (Å²) in [5.74, 6) is 0. The molecular weight excluding hydrogens is 290 g/mol. The first-order chi connectivity index (χ1) is 11.8. The Balaban J connectivity index is 0.00000139. The van der Waals surface area contributed by atoms with Gasteiger partial charge in [-0.05, 0) is 44.6 Å². The number of allylic oxidation sites excluding steroid dienone is 8. The van der Waals surface area contributed by atoms with E-state index in [0.717, 1.165) is 12.8 Å². The average Bonchev–Trinajstić information content (AvgIpc) is 2.88. The minimum atomic E-state index is 0.930. The molecule has 0 atom stereocenters. The topological polar surface area (TPSA) is 3.24 Å². The molecule has 0 saturated carbocycles. The molecular formula is C23H29N. The fourth-order valence-electron chi connectivity index (χ4n) is 2.52. The highest BCUT2D eigenvalue weighted by molar-refractivity contribution is 5.61. The zero-order chi connectivity index (χ0) is 17.8. The van der Waals surface area contributed by atoms with Gasteiger partial charge in [-0.3, -0.25) is 0 Å². The van der Waals surface area contributed by atoms with E-state index in [9.17, 15) is 0 Å². The Kier molecular flexibility index (Phi) is 8.99. The standard InChI is InChI=1S/C21H25N.C2H4/c1-4-10-19(11-5-2)22(20-12-8-6-7-9-13-20)21-16-14-18(3)15-17-21;1-2/h4,6-12,14-17H,5,13H2,1-3H3;1-2H2/b10-4-,19-11+;. The molecule has 1 aliphatic rings. The molecule has 0 spiro atoms. The van der Waals surface area contributed by atoms with E-state index in [0.29, 0.717) is 0 Å². The van der Waals surface area contributed by atoms with Gasteiger partial charge in [-0.15, -0.1) is 13.2 Å². The third kappa shape index (κ3) is 5.58. The van der Waals surface area contributed by atoms with Gasteiger partial charge in [0, 0.05) is 23.5 Å². The van der Waals surface area contributed by atoms with Crippen LogP contribution in [-0.2, 0) is 0 Å². The molecule has 0 fully saturated rings. The van der Waals surface area contributed by atoms with Crippen molar-refractivity contribution in [1.29, 1.82) is 0 Å². The van der Waals surface area contributed by atoms with E-state index in [4.69, 9.17) is 0 Å². The van der Waals surface area contributed by atoms with E-state index >= 15 is 0 Å². The van der Waals surface area contributed by atoms with Gasteiger partial charge < -0.3 is 4.90 Å². The number of benzene rings is 1. The maximum absolute atomic E-state index is 3.00. The summed E-state index contributed by atoms with van der Waals surface area (Å²) in [7, 11) is 0. The number of anilines is 1. The number of nitrogens with zero attached hydrogens (tertiary/aromatic N) is 1. The van der Waals surface area contributed by atoms with Gasteiger partial charge in [0.1, 0.15) is 0 Å². The number of hydrogen-bond acceptors (Lipinski definition) is 1. The Hall–Kier alpha value is -2.54. The van der Waals surface area contributed by atoms with Crippen LogP contribution in [0.4, 0.5) is 5.69 Å². The summed E-state index contributed by atoms with van der Waals surface area (Å²) in [5.41, 5.74) is 5.00. The predicted octanol–water partition coefficient (Wildman–Crippen LogP) is 6.87. The van der Waals surface area contributed by atoms with E-state index in [1.54, 1.807) is 0 Å². The number of aryl methyl sites for hydroxylation is 1. The van der Waals surface area contributed by atoms with E-state index < -0.39 is 0 Å². The molecule has 0 saturated heterocycles. The SMILES string of the molecule is C/C=C\C(=C/CC)N(C1=CC=CC=CC1)c1ccc(C)cc1.C=C. The Morgan fingerprint density at radius 1 is 1.12 bits per heavy atom. The Bertz CT molecular complexity index is 639. The first kappa shape index (κ1) is 19.5. The van der Waals surface area contributed by atoms with Crippen molar-refractivity contribution >= 4 is 5.69 Å². The van der Waals surface area contributed by atoms with Crippen LogP contribution in [0.5, 0.6) is 0 Å². The van der Waals surface area contributed by atoms with Gasteiger partial charge in [0.2, 0.25) is 0 Å². The van der Waals surface area contributed by atoms with Gasteiger partial charge in [0.15, 0.2) is 0 Å². The van der Waals surface area contributed by atoms with Gasteiger partial charge >= 0.3 is 0 Å². The molecule has 0 aliphatic heterocycles. The lowest BCUT2D eigenvalue weighted by molar-refractivity contribution is 1.02. The lowest BCUT2D eigenvalue weighted by Crippen LogP contribution is -2.20. The van der Waals surface area contributed by atoms with Crippen LogP contribution in [0, 0.1) is 6.92 Å². The highest BCUT2D eigenvalue weighted by atomic mass is 15.2. The van der Waals surface area contributed by atoms with Crippen LogP contribution < -0.4 is 4.90 Å². The van der Waals surface area contributed by atoms with Crippen LogP contribution in [0.25, 0.3) is 0 Å². The first-order valence-corrected chi connectivity index (χ1v) is 8.48. The van der Waals surface area contributed by atoms with Crippen molar-refractivity contribution in [2.45, 2.75) is 33.6 Å². The molecule has 24 heavy (non-hydrogen) atoms. The van der Waals surface area contributed by atoms with E-state index in [1.165, 1.54) is 22.6 Å². The van der Waals surface area contributed by atoms with Gasteiger partial charge in [0.05, 0.1) is 0 Å². The molecule has 2 rings (SSSR count). The summed E-state index contributed by atoms with van der Waals surface area (Å²) in [6.07, 6.45) is 19.2. The maximum Gasteiger partial charge on any atom is 0.0458 e. The second-order valence-corrected chi connectivity index (χ2v) is 5.38. The van der Waals surface area contributed by atoms with Crippen LogP contribution in [0.1, 0.15) is 32.3 Å². The largest absolute Gasteiger partial charge is 0.314 e. The minimum absolute atomic E-state index is 0.930. The predicted molar refractivity (Wildman–Crippen MR) is 109 cm³/mol.